The number of rotatable bonds is 4. The number of nitrogens with zero attached hydrogens (tertiary/aromatic N) is 3. The van der Waals surface area contributed by atoms with Gasteiger partial charge in [0.15, 0.2) is 6.29 Å². The van der Waals surface area contributed by atoms with E-state index in [1.165, 1.54) is 19.9 Å². The Morgan fingerprint density at radius 2 is 1.84 bits per heavy atom. The Kier molecular flexibility index (Phi) is 4.19. The Morgan fingerprint density at radius 1 is 1.16 bits per heavy atom. The van der Waals surface area contributed by atoms with Crippen LogP contribution >= 0.6 is 0 Å². The molecule has 0 amide bonds. The van der Waals surface area contributed by atoms with E-state index in [1.807, 2.05) is 0 Å². The van der Waals surface area contributed by atoms with Gasteiger partial charge in [0, 0.05) is 26.9 Å². The van der Waals surface area contributed by atoms with Gasteiger partial charge in [0.05, 0.1) is 22.3 Å². The zero-order valence-corrected chi connectivity index (χ0v) is 14.0. The highest BCUT2D eigenvalue weighted by Crippen LogP contribution is 2.17. The Morgan fingerprint density at radius 3 is 2.52 bits per heavy atom. The van der Waals surface area contributed by atoms with E-state index < -0.39 is 17.5 Å². The minimum Gasteiger partial charge on any atom is -0.364 e. The first kappa shape index (κ1) is 16.9. The number of aliphatic hydroxyl groups excluding tert-OH is 1. The van der Waals surface area contributed by atoms with E-state index in [2.05, 4.69) is 4.98 Å². The predicted molar refractivity (Wildman–Crippen MR) is 91.0 cm³/mol. The largest absolute Gasteiger partial charge is 0.364 e. The number of aromatic amines is 1. The molecule has 2 N–H and O–H groups in total. The first-order valence-corrected chi connectivity index (χ1v) is 7.66. The lowest BCUT2D eigenvalue weighted by Crippen LogP contribution is -2.32. The van der Waals surface area contributed by atoms with Crippen molar-refractivity contribution in [3.63, 3.8) is 0 Å². The van der Waals surface area contributed by atoms with Crippen LogP contribution in [0.4, 0.5) is 0 Å². The first-order valence-electron chi connectivity index (χ1n) is 7.66. The van der Waals surface area contributed by atoms with Gasteiger partial charge in [-0.25, -0.2) is 9.59 Å². The number of imidazole rings is 1. The molecule has 3 aromatic rings. The third-order valence-corrected chi connectivity index (χ3v) is 4.09. The molecule has 0 aliphatic carbocycles. The molecule has 25 heavy (non-hydrogen) atoms. The molecule has 1 unspecified atom stereocenters. The fourth-order valence-electron chi connectivity index (χ4n) is 2.75. The van der Waals surface area contributed by atoms with Crippen LogP contribution < -0.4 is 16.9 Å². The average Bonchev–Trinajstić information content (AvgIpc) is 2.79. The van der Waals surface area contributed by atoms with Crippen molar-refractivity contribution in [3.05, 3.63) is 61.3 Å². The summed E-state index contributed by atoms with van der Waals surface area (Å²) in [5, 5.41) is 9.91. The van der Waals surface area contributed by atoms with Crippen LogP contribution in [0.15, 0.2) is 38.8 Å². The highest BCUT2D eigenvalue weighted by Gasteiger charge is 2.16. The van der Waals surface area contributed by atoms with Crippen LogP contribution in [0.5, 0.6) is 0 Å². The van der Waals surface area contributed by atoms with Crippen LogP contribution in [-0.4, -0.2) is 30.4 Å². The second kappa shape index (κ2) is 6.19. The number of aromatic nitrogens is 4. The molecule has 0 fully saturated rings. The SMILES string of the molecule is CCOC(O)c1cn(-c2ccc3c(c2)n(C)c(=O)n3C)c(=O)[nH]c1=O. The average molecular weight is 346 g/mol. The highest BCUT2D eigenvalue weighted by molar-refractivity contribution is 5.78. The number of hydrogen-bond donors (Lipinski definition) is 2. The number of ether oxygens (including phenoxy) is 1. The van der Waals surface area contributed by atoms with Gasteiger partial charge in [-0.15, -0.1) is 0 Å². The second-order valence-electron chi connectivity index (χ2n) is 5.60. The number of aryl methyl sites for hydroxylation is 2. The van der Waals surface area contributed by atoms with Gasteiger partial charge in [0.25, 0.3) is 5.56 Å². The molecule has 0 bridgehead atoms. The fraction of sp³-hybridized carbons (Fsp3) is 0.312. The lowest BCUT2D eigenvalue weighted by atomic mass is 10.2. The number of nitrogens with one attached hydrogen (secondary N) is 1. The lowest BCUT2D eigenvalue weighted by molar-refractivity contribution is -0.0991. The Balaban J connectivity index is 2.22. The molecular weight excluding hydrogens is 328 g/mol. The summed E-state index contributed by atoms with van der Waals surface area (Å²) in [6.07, 6.45) is -0.200. The molecule has 9 heteroatoms. The maximum absolute atomic E-state index is 12.2. The van der Waals surface area contributed by atoms with Crippen LogP contribution in [0, 0.1) is 0 Å². The van der Waals surface area contributed by atoms with Gasteiger partial charge < -0.3 is 9.84 Å². The van der Waals surface area contributed by atoms with Crippen LogP contribution in [-0.2, 0) is 18.8 Å². The van der Waals surface area contributed by atoms with Gasteiger partial charge in [-0.1, -0.05) is 0 Å². The summed E-state index contributed by atoms with van der Waals surface area (Å²) in [4.78, 5) is 38.3. The molecule has 0 aliphatic heterocycles. The normalized spacial score (nSPS) is 12.6. The minimum atomic E-state index is -1.44. The summed E-state index contributed by atoms with van der Waals surface area (Å²) in [6.45, 7) is 1.88. The zero-order valence-electron chi connectivity index (χ0n) is 14.0. The number of aliphatic hydroxyl groups is 1. The van der Waals surface area contributed by atoms with E-state index in [1.54, 1.807) is 39.2 Å². The van der Waals surface area contributed by atoms with Gasteiger partial charge in [0.2, 0.25) is 0 Å². The van der Waals surface area contributed by atoms with Gasteiger partial charge in [-0.05, 0) is 25.1 Å². The standard InChI is InChI=1S/C16H18N4O5/c1-4-25-14(22)10-8-20(15(23)17-13(10)21)9-5-6-11-12(7-9)19(3)16(24)18(11)2/h5-8,14,22H,4H2,1-3H3,(H,17,21,23). The molecule has 0 radical (unpaired) electrons. The van der Waals surface area contributed by atoms with Crippen molar-refractivity contribution in [2.75, 3.05) is 6.61 Å². The molecule has 9 nitrogen and oxygen atoms in total. The fourth-order valence-corrected chi connectivity index (χ4v) is 2.75. The Hall–Kier alpha value is -2.91. The molecule has 132 valence electrons. The first-order chi connectivity index (χ1) is 11.8. The summed E-state index contributed by atoms with van der Waals surface area (Å²) < 4.78 is 9.17. The molecule has 2 heterocycles. The molecule has 0 spiro atoms. The summed E-state index contributed by atoms with van der Waals surface area (Å²) in [7, 11) is 3.29. The topological polar surface area (TPSA) is 111 Å². The van der Waals surface area contributed by atoms with E-state index in [0.29, 0.717) is 16.7 Å². The highest BCUT2D eigenvalue weighted by atomic mass is 16.6. The van der Waals surface area contributed by atoms with Crippen molar-refractivity contribution < 1.29 is 9.84 Å². The summed E-state index contributed by atoms with van der Waals surface area (Å²) in [5.41, 5.74) is 0.156. The third-order valence-electron chi connectivity index (χ3n) is 4.09. The maximum Gasteiger partial charge on any atom is 0.332 e. The Labute approximate surface area is 141 Å². The maximum atomic E-state index is 12.2. The number of benzene rings is 1. The smallest absolute Gasteiger partial charge is 0.332 e. The van der Waals surface area contributed by atoms with Crippen LogP contribution in [0.25, 0.3) is 16.7 Å². The van der Waals surface area contributed by atoms with E-state index >= 15 is 0 Å². The number of fused-ring (bicyclic) bond motifs is 1. The summed E-state index contributed by atoms with van der Waals surface area (Å²) >= 11 is 0. The molecule has 0 saturated heterocycles. The summed E-state index contributed by atoms with van der Waals surface area (Å²) in [6, 6.07) is 5.02. The van der Waals surface area contributed by atoms with E-state index in [0.717, 1.165) is 0 Å². The van der Waals surface area contributed by atoms with E-state index in [-0.39, 0.29) is 17.9 Å². The number of H-pyrrole nitrogens is 1. The molecule has 3 rings (SSSR count). The quantitative estimate of drug-likeness (QED) is 0.633. The Bertz CT molecular complexity index is 1120. The van der Waals surface area contributed by atoms with Crippen molar-refractivity contribution in [1.82, 2.24) is 18.7 Å². The zero-order chi connectivity index (χ0) is 18.3. The second-order valence-corrected chi connectivity index (χ2v) is 5.60. The van der Waals surface area contributed by atoms with Gasteiger partial charge >= 0.3 is 11.4 Å². The summed E-state index contributed by atoms with van der Waals surface area (Å²) in [5.74, 6) is 0. The molecule has 2 aromatic heterocycles. The van der Waals surface area contributed by atoms with Crippen molar-refractivity contribution >= 4 is 11.0 Å². The molecular formula is C16H18N4O5. The number of hydrogen-bond acceptors (Lipinski definition) is 5. The van der Waals surface area contributed by atoms with E-state index in [4.69, 9.17) is 4.74 Å². The van der Waals surface area contributed by atoms with Gasteiger partial charge in [-0.2, -0.15) is 0 Å². The van der Waals surface area contributed by atoms with Crippen LogP contribution in [0.3, 0.4) is 0 Å². The van der Waals surface area contributed by atoms with Crippen molar-refractivity contribution in [2.24, 2.45) is 14.1 Å². The molecule has 0 saturated carbocycles. The van der Waals surface area contributed by atoms with Crippen molar-refractivity contribution in [1.29, 1.82) is 0 Å². The lowest BCUT2D eigenvalue weighted by Gasteiger charge is -2.12. The third kappa shape index (κ3) is 2.73. The monoisotopic (exact) mass is 346 g/mol. The van der Waals surface area contributed by atoms with Crippen LogP contribution in [0.1, 0.15) is 18.8 Å². The minimum absolute atomic E-state index is 0.0801. The van der Waals surface area contributed by atoms with Crippen molar-refractivity contribution in [3.8, 4) is 5.69 Å². The molecule has 1 aromatic carbocycles. The predicted octanol–water partition coefficient (Wildman–Crippen LogP) is -0.256. The van der Waals surface area contributed by atoms with Crippen LogP contribution in [0.2, 0.25) is 0 Å². The molecule has 1 atom stereocenters. The van der Waals surface area contributed by atoms with Gasteiger partial charge in [0.1, 0.15) is 0 Å². The van der Waals surface area contributed by atoms with Gasteiger partial charge in [-0.3, -0.25) is 23.5 Å². The van der Waals surface area contributed by atoms with Crippen molar-refractivity contribution in [2.45, 2.75) is 13.2 Å². The molecule has 0 aliphatic rings. The van der Waals surface area contributed by atoms with E-state index in [9.17, 15) is 19.5 Å².